The Hall–Kier alpha value is -2.03. The first-order valence-electron chi connectivity index (χ1n) is 6.43. The second kappa shape index (κ2) is 5.88. The molecule has 0 fully saturated rings. The average molecular weight is 358 g/mol. The molecule has 0 radical (unpaired) electrons. The summed E-state index contributed by atoms with van der Waals surface area (Å²) in [5, 5.41) is 0.274. The van der Waals surface area contributed by atoms with Gasteiger partial charge in [-0.15, -0.1) is 0 Å². The number of nitrogens with zero attached hydrogens (tertiary/aromatic N) is 1. The molecule has 1 aromatic carbocycles. The fourth-order valence-electron chi connectivity index (χ4n) is 2.12. The maximum Gasteiger partial charge on any atom is 0.243 e. The topological polar surface area (TPSA) is 74.8 Å². The molecule has 0 atom stereocenters. The van der Waals surface area contributed by atoms with Crippen molar-refractivity contribution in [1.29, 1.82) is 0 Å². The number of aromatic amines is 1. The monoisotopic (exact) mass is 357 g/mol. The molecule has 3 aromatic rings. The van der Waals surface area contributed by atoms with Crippen molar-refractivity contribution in [3.63, 3.8) is 0 Å². The van der Waals surface area contributed by atoms with Crippen molar-refractivity contribution >= 4 is 32.7 Å². The Morgan fingerprint density at radius 3 is 2.83 bits per heavy atom. The lowest BCUT2D eigenvalue weighted by Gasteiger charge is -2.08. The molecule has 0 aliphatic heterocycles. The highest BCUT2D eigenvalue weighted by molar-refractivity contribution is 7.89. The first kappa shape index (κ1) is 15.9. The number of hydrogen-bond acceptors (Lipinski definition) is 3. The van der Waals surface area contributed by atoms with E-state index in [0.29, 0.717) is 17.3 Å². The number of benzene rings is 1. The smallest absolute Gasteiger partial charge is 0.243 e. The van der Waals surface area contributed by atoms with Gasteiger partial charge in [-0.2, -0.15) is 0 Å². The Bertz CT molecular complexity index is 989. The van der Waals surface area contributed by atoms with E-state index in [-0.39, 0.29) is 6.54 Å². The summed E-state index contributed by atoms with van der Waals surface area (Å²) in [4.78, 5) is 6.28. The van der Waals surface area contributed by atoms with Crippen LogP contribution in [-0.4, -0.2) is 18.4 Å². The van der Waals surface area contributed by atoms with E-state index >= 15 is 0 Å². The summed E-state index contributed by atoms with van der Waals surface area (Å²) in [6, 6.07) is 4.67. The van der Waals surface area contributed by atoms with Crippen LogP contribution in [0.15, 0.2) is 41.6 Å². The van der Waals surface area contributed by atoms with Crippen LogP contribution in [0.4, 0.5) is 8.78 Å². The molecule has 2 aromatic heterocycles. The third-order valence-electron chi connectivity index (χ3n) is 3.25. The zero-order valence-corrected chi connectivity index (χ0v) is 13.0. The van der Waals surface area contributed by atoms with E-state index in [1.165, 1.54) is 0 Å². The minimum absolute atomic E-state index is 0.0809. The second-order valence-corrected chi connectivity index (χ2v) is 6.88. The minimum atomic E-state index is -4.19. The molecule has 23 heavy (non-hydrogen) atoms. The maximum absolute atomic E-state index is 13.7. The first-order chi connectivity index (χ1) is 10.9. The van der Waals surface area contributed by atoms with Crippen LogP contribution in [0.1, 0.15) is 5.56 Å². The lowest BCUT2D eigenvalue weighted by molar-refractivity contribution is 0.543. The first-order valence-corrected chi connectivity index (χ1v) is 8.30. The van der Waals surface area contributed by atoms with E-state index in [4.69, 9.17) is 11.6 Å². The zero-order chi connectivity index (χ0) is 16.6. The molecule has 0 saturated carbocycles. The minimum Gasteiger partial charge on any atom is -0.346 e. The molecule has 0 spiro atoms. The van der Waals surface area contributed by atoms with Crippen LogP contribution in [0.25, 0.3) is 11.0 Å². The SMILES string of the molecule is O=S(=O)(NCc1c[nH]c2ncccc12)c1cc(Cl)c(F)cc1F. The number of H-pyrrole nitrogens is 1. The molecule has 3 rings (SSSR count). The van der Waals surface area contributed by atoms with Crippen molar-refractivity contribution in [2.75, 3.05) is 0 Å². The van der Waals surface area contributed by atoms with Gasteiger partial charge in [-0.1, -0.05) is 11.6 Å². The molecule has 2 heterocycles. The summed E-state index contributed by atoms with van der Waals surface area (Å²) < 4.78 is 53.5. The maximum atomic E-state index is 13.7. The largest absolute Gasteiger partial charge is 0.346 e. The molecular weight excluding hydrogens is 348 g/mol. The second-order valence-electron chi connectivity index (χ2n) is 4.73. The van der Waals surface area contributed by atoms with Crippen molar-refractivity contribution in [2.45, 2.75) is 11.4 Å². The van der Waals surface area contributed by atoms with Crippen molar-refractivity contribution in [1.82, 2.24) is 14.7 Å². The van der Waals surface area contributed by atoms with E-state index in [1.54, 1.807) is 24.5 Å². The molecule has 0 aliphatic carbocycles. The fraction of sp³-hybridized carbons (Fsp3) is 0.0714. The molecule has 0 amide bonds. The van der Waals surface area contributed by atoms with E-state index in [1.807, 2.05) is 0 Å². The van der Waals surface area contributed by atoms with Crippen molar-refractivity contribution in [3.05, 3.63) is 58.9 Å². The zero-order valence-electron chi connectivity index (χ0n) is 11.5. The van der Waals surface area contributed by atoms with Gasteiger partial charge in [0.1, 0.15) is 22.2 Å². The molecule has 120 valence electrons. The highest BCUT2D eigenvalue weighted by Crippen LogP contribution is 2.23. The summed E-state index contributed by atoms with van der Waals surface area (Å²) in [6.07, 6.45) is 3.21. The quantitative estimate of drug-likeness (QED) is 0.705. The summed E-state index contributed by atoms with van der Waals surface area (Å²) in [5.41, 5.74) is 1.25. The van der Waals surface area contributed by atoms with Crippen LogP contribution in [0.2, 0.25) is 5.02 Å². The van der Waals surface area contributed by atoms with E-state index in [9.17, 15) is 17.2 Å². The number of hydrogen-bond donors (Lipinski definition) is 2. The Morgan fingerprint density at radius 2 is 2.04 bits per heavy atom. The summed E-state index contributed by atoms with van der Waals surface area (Å²) in [7, 11) is -4.19. The van der Waals surface area contributed by atoms with E-state index in [2.05, 4.69) is 14.7 Å². The molecule has 0 bridgehead atoms. The number of fused-ring (bicyclic) bond motifs is 1. The summed E-state index contributed by atoms with van der Waals surface area (Å²) >= 11 is 5.52. The highest BCUT2D eigenvalue weighted by atomic mass is 35.5. The molecule has 0 unspecified atom stereocenters. The molecule has 0 saturated heterocycles. The lowest BCUT2D eigenvalue weighted by Crippen LogP contribution is -2.24. The third-order valence-corrected chi connectivity index (χ3v) is 4.96. The Kier molecular flexibility index (Phi) is 4.05. The standard InChI is InChI=1S/C14H10ClF2N3O2S/c15-10-4-13(12(17)5-11(10)16)23(21,22)20-7-8-6-19-14-9(8)2-1-3-18-14/h1-6,20H,7H2,(H,18,19). The molecule has 2 N–H and O–H groups in total. The van der Waals surface area contributed by atoms with Crippen LogP contribution in [0, 0.1) is 11.6 Å². The Balaban J connectivity index is 1.89. The molecule has 0 aliphatic rings. The number of halogens is 3. The number of rotatable bonds is 4. The van der Waals surface area contributed by atoms with Gasteiger partial charge >= 0.3 is 0 Å². The van der Waals surface area contributed by atoms with Crippen LogP contribution in [0.5, 0.6) is 0 Å². The molecule has 5 nitrogen and oxygen atoms in total. The lowest BCUT2D eigenvalue weighted by atomic mass is 10.2. The Labute approximate surface area is 135 Å². The molecular formula is C14H10ClF2N3O2S. The van der Waals surface area contributed by atoms with E-state index in [0.717, 1.165) is 11.5 Å². The van der Waals surface area contributed by atoms with Crippen molar-refractivity contribution < 1.29 is 17.2 Å². The van der Waals surface area contributed by atoms with Crippen LogP contribution in [-0.2, 0) is 16.6 Å². The highest BCUT2D eigenvalue weighted by Gasteiger charge is 2.21. The predicted molar refractivity (Wildman–Crippen MR) is 81.5 cm³/mol. The number of pyridine rings is 1. The third kappa shape index (κ3) is 3.05. The van der Waals surface area contributed by atoms with Gasteiger partial charge in [-0.3, -0.25) is 0 Å². The van der Waals surface area contributed by atoms with Gasteiger partial charge in [0.25, 0.3) is 0 Å². The van der Waals surface area contributed by atoms with Crippen LogP contribution < -0.4 is 4.72 Å². The fourth-order valence-corrected chi connectivity index (χ4v) is 3.44. The van der Waals surface area contributed by atoms with Gasteiger partial charge in [0.05, 0.1) is 5.02 Å². The normalized spacial score (nSPS) is 12.0. The predicted octanol–water partition coefficient (Wildman–Crippen LogP) is 2.97. The molecule has 9 heteroatoms. The number of aromatic nitrogens is 2. The van der Waals surface area contributed by atoms with E-state index < -0.39 is 31.6 Å². The van der Waals surface area contributed by atoms with Gasteiger partial charge in [0.15, 0.2) is 0 Å². The van der Waals surface area contributed by atoms with Gasteiger partial charge in [0, 0.05) is 30.4 Å². The number of sulfonamides is 1. The van der Waals surface area contributed by atoms with Crippen molar-refractivity contribution in [3.8, 4) is 0 Å². The van der Waals surface area contributed by atoms with Crippen molar-refractivity contribution in [2.24, 2.45) is 0 Å². The summed E-state index contributed by atoms with van der Waals surface area (Å²) in [6.45, 7) is -0.0809. The number of nitrogens with one attached hydrogen (secondary N) is 2. The van der Waals surface area contributed by atoms with Gasteiger partial charge < -0.3 is 4.98 Å². The summed E-state index contributed by atoms with van der Waals surface area (Å²) in [5.74, 6) is -2.23. The van der Waals surface area contributed by atoms with Crippen LogP contribution >= 0.6 is 11.6 Å². The van der Waals surface area contributed by atoms with Gasteiger partial charge in [-0.05, 0) is 23.8 Å². The van der Waals surface area contributed by atoms with Gasteiger partial charge in [-0.25, -0.2) is 26.9 Å². The van der Waals surface area contributed by atoms with Crippen LogP contribution in [0.3, 0.4) is 0 Å². The van der Waals surface area contributed by atoms with Gasteiger partial charge in [0.2, 0.25) is 10.0 Å². The Morgan fingerprint density at radius 1 is 1.26 bits per heavy atom. The average Bonchev–Trinajstić information content (AvgIpc) is 2.92.